The fourth-order valence-electron chi connectivity index (χ4n) is 2.60. The Labute approximate surface area is 255 Å². The average molecular weight is 574 g/mol. The Balaban J connectivity index is 0.00000363. The van der Waals surface area contributed by atoms with Crippen LogP contribution in [0.3, 0.4) is 0 Å². The Morgan fingerprint density at radius 2 is 1.68 bits per heavy atom. The van der Waals surface area contributed by atoms with Gasteiger partial charge in [0, 0.05) is 0 Å². The minimum Gasteiger partial charge on any atom is -0.756 e. The van der Waals surface area contributed by atoms with Crippen molar-refractivity contribution in [3.63, 3.8) is 0 Å². The van der Waals surface area contributed by atoms with Crippen LogP contribution in [-0.4, -0.2) is 59.5 Å². The van der Waals surface area contributed by atoms with E-state index in [0.29, 0.717) is 0 Å². The molecule has 0 saturated carbocycles. The number of hydrogen-bond donors (Lipinski definition) is 4. The molecule has 0 spiro atoms. The van der Waals surface area contributed by atoms with Crippen LogP contribution in [0.25, 0.3) is 11.2 Å². The molecule has 2 aromatic heterocycles. The number of aliphatic hydroxyl groups excluding tert-OH is 2. The summed E-state index contributed by atoms with van der Waals surface area (Å²) in [4.78, 5) is 63.1. The molecule has 0 amide bonds. The average Bonchev–Trinajstić information content (AvgIpc) is 3.13. The van der Waals surface area contributed by atoms with Crippen LogP contribution >= 0.6 is 23.5 Å². The van der Waals surface area contributed by atoms with E-state index in [-0.39, 0.29) is 99.8 Å². The van der Waals surface area contributed by atoms with Gasteiger partial charge in [-0.25, -0.2) is 18.6 Å². The smallest absolute Gasteiger partial charge is 0.756 e. The first kappa shape index (κ1) is 35.6. The summed E-state index contributed by atoms with van der Waals surface area (Å²) in [5.74, 6) is 0. The Kier molecular flexibility index (Phi) is 14.3. The van der Waals surface area contributed by atoms with Gasteiger partial charge in [0.05, 0.1) is 19.3 Å². The van der Waals surface area contributed by atoms with Gasteiger partial charge in [-0.1, -0.05) is 0 Å². The third-order valence-electron chi connectivity index (χ3n) is 3.78. The number of imidazole rings is 1. The van der Waals surface area contributed by atoms with E-state index in [0.717, 1.165) is 17.2 Å². The second-order valence-corrected chi connectivity index (χ2v) is 10.2. The zero-order chi connectivity index (χ0) is 23.2. The molecule has 174 valence electrons. The van der Waals surface area contributed by atoms with Gasteiger partial charge in [0.1, 0.15) is 18.3 Å². The topological polar surface area (TPSA) is 282 Å². The van der Waals surface area contributed by atoms with Gasteiger partial charge in [-0.2, -0.15) is 0 Å². The van der Waals surface area contributed by atoms with Gasteiger partial charge in [0.15, 0.2) is 17.4 Å². The molecule has 3 rings (SSSR count). The van der Waals surface area contributed by atoms with E-state index in [4.69, 9.17) is 9.63 Å². The Hall–Kier alpha value is 1.64. The number of nitrogens with one attached hydrogen (secondary N) is 1. The van der Waals surface area contributed by atoms with Crippen LogP contribution in [0, 0.1) is 0 Å². The number of ether oxygens (including phenoxy) is 1. The zero-order valence-electron chi connectivity index (χ0n) is 17.7. The quantitative estimate of drug-likeness (QED) is 0.168. The normalized spacial score (nSPS) is 27.4. The number of rotatable bonds is 8. The van der Waals surface area contributed by atoms with Gasteiger partial charge >= 0.3 is 88.7 Å². The van der Waals surface area contributed by atoms with Crippen LogP contribution in [0.2, 0.25) is 0 Å². The predicted octanol–water partition coefficient (Wildman–Crippen LogP) is -12.8. The zero-order valence-corrected chi connectivity index (χ0v) is 26.4. The van der Waals surface area contributed by atoms with E-state index in [1.165, 1.54) is 0 Å². The molecule has 34 heavy (non-hydrogen) atoms. The van der Waals surface area contributed by atoms with E-state index in [2.05, 4.69) is 28.1 Å². The number of aromatic amines is 1. The third kappa shape index (κ3) is 9.13. The predicted molar refractivity (Wildman–Crippen MR) is 87.2 cm³/mol. The van der Waals surface area contributed by atoms with Crippen LogP contribution in [-0.2, 0) is 31.6 Å². The van der Waals surface area contributed by atoms with E-state index < -0.39 is 60.2 Å². The molecule has 1 aliphatic heterocycles. The number of phosphoric ester groups is 1. The van der Waals surface area contributed by atoms with Crippen LogP contribution < -0.4 is 109 Å². The molecule has 0 radical (unpaired) electrons. The fraction of sp³-hybridized carbons (Fsp3) is 0.500. The molecule has 18 nitrogen and oxygen atoms in total. The molecule has 1 fully saturated rings. The van der Waals surface area contributed by atoms with Crippen molar-refractivity contribution in [2.24, 2.45) is 0 Å². The molecule has 1 saturated heterocycles. The first-order valence-electron chi connectivity index (χ1n) is 7.84. The maximum atomic E-state index is 11.7. The molecule has 3 heterocycles. The number of H-pyrrole nitrogens is 1. The Bertz CT molecular complexity index is 1170. The minimum atomic E-state index is -6.09. The molecule has 7 atom stereocenters. The molecular formula is C10H12N4Na3O14P3. The van der Waals surface area contributed by atoms with E-state index in [1.807, 2.05) is 0 Å². The summed E-state index contributed by atoms with van der Waals surface area (Å²) >= 11 is 0. The summed E-state index contributed by atoms with van der Waals surface area (Å²) in [5.41, 5.74) is -0.749. The van der Waals surface area contributed by atoms with Crippen molar-refractivity contribution in [1.29, 1.82) is 0 Å². The summed E-state index contributed by atoms with van der Waals surface area (Å²) in [6.07, 6.45) is -4.31. The van der Waals surface area contributed by atoms with Crippen LogP contribution in [0.1, 0.15) is 6.23 Å². The summed E-state index contributed by atoms with van der Waals surface area (Å²) in [6.45, 7) is -1.09. The molecule has 0 aromatic carbocycles. The Morgan fingerprint density at radius 1 is 1.06 bits per heavy atom. The van der Waals surface area contributed by atoms with Crippen molar-refractivity contribution in [3.05, 3.63) is 23.0 Å². The molecule has 2 aromatic rings. The largest absolute Gasteiger partial charge is 1.00 e. The van der Waals surface area contributed by atoms with Crippen molar-refractivity contribution in [2.75, 3.05) is 6.61 Å². The number of hydrogen-bond acceptors (Lipinski definition) is 15. The summed E-state index contributed by atoms with van der Waals surface area (Å²) < 4.78 is 50.3. The first-order valence-corrected chi connectivity index (χ1v) is 12.3. The van der Waals surface area contributed by atoms with Crippen molar-refractivity contribution in [2.45, 2.75) is 24.5 Å². The van der Waals surface area contributed by atoms with Crippen LogP contribution in [0.5, 0.6) is 0 Å². The number of nitrogens with zero attached hydrogens (tertiary/aromatic N) is 3. The van der Waals surface area contributed by atoms with Crippen molar-refractivity contribution >= 4 is 34.6 Å². The van der Waals surface area contributed by atoms with Gasteiger partial charge in [-0.15, -0.1) is 0 Å². The van der Waals surface area contributed by atoms with Gasteiger partial charge < -0.3 is 44.0 Å². The maximum absolute atomic E-state index is 11.7. The monoisotopic (exact) mass is 574 g/mol. The molecular weight excluding hydrogens is 562 g/mol. The second kappa shape index (κ2) is 13.6. The van der Waals surface area contributed by atoms with Gasteiger partial charge in [0.25, 0.3) is 29.0 Å². The number of aliphatic hydroxyl groups is 2. The van der Waals surface area contributed by atoms with Gasteiger partial charge in [-0.3, -0.25) is 23.1 Å². The first-order chi connectivity index (χ1) is 14.2. The number of aromatic nitrogens is 4. The number of fused-ring (bicyclic) bond motifs is 1. The van der Waals surface area contributed by atoms with Crippen molar-refractivity contribution in [3.8, 4) is 0 Å². The maximum Gasteiger partial charge on any atom is 1.00 e. The van der Waals surface area contributed by atoms with Crippen molar-refractivity contribution < 1.29 is 150 Å². The molecule has 0 bridgehead atoms. The molecule has 3 unspecified atom stereocenters. The van der Waals surface area contributed by atoms with Crippen LogP contribution in [0.4, 0.5) is 0 Å². The summed E-state index contributed by atoms with van der Waals surface area (Å²) in [5, 5.41) is 20.3. The van der Waals surface area contributed by atoms with E-state index >= 15 is 0 Å². The molecule has 1 aliphatic rings. The summed E-state index contributed by atoms with van der Waals surface area (Å²) in [7, 11) is -17.8. The molecule has 4 N–H and O–H groups in total. The van der Waals surface area contributed by atoms with Gasteiger partial charge in [-0.05, 0) is 0 Å². The summed E-state index contributed by atoms with van der Waals surface area (Å²) in [6, 6.07) is 0. The number of phosphoric acid groups is 3. The minimum absolute atomic E-state index is 0. The SMILES string of the molecule is O=c1[nH]cnc2c1ncn2[C@@H]1O[C@@H](COP(=O)([O-])OP(=O)([O-])OP(=O)([O-])O)[C@@H](O)[C@H]1O.[Na+].[Na+].[Na+]. The molecule has 24 heteroatoms. The van der Waals surface area contributed by atoms with Gasteiger partial charge in [0.2, 0.25) is 0 Å². The van der Waals surface area contributed by atoms with Crippen LogP contribution in [0.15, 0.2) is 17.4 Å². The second-order valence-electron chi connectivity index (χ2n) is 5.92. The van der Waals surface area contributed by atoms with Crippen molar-refractivity contribution in [1.82, 2.24) is 19.5 Å². The van der Waals surface area contributed by atoms with E-state index in [9.17, 15) is 43.4 Å². The fourth-order valence-corrected chi connectivity index (χ4v) is 5.49. The standard InChI is InChI=1S/C10H15N4O14P3.3Na/c15-6-4(1-25-30(21,22)28-31(23,24)27-29(18,19)20)26-10(7(6)16)14-3-13-5-8(14)11-2-12-9(5)17;;;/h2-4,6-7,10,15-16H,1H2,(H,21,22)(H,23,24)(H,11,12,17)(H2,18,19,20);;;/q;3*+1/p-3/t4-,6+,7+,10+;;;/m0.../s1. The Morgan fingerprint density at radius 3 is 2.26 bits per heavy atom. The molecule has 0 aliphatic carbocycles. The van der Waals surface area contributed by atoms with E-state index in [1.54, 1.807) is 0 Å². The third-order valence-corrected chi connectivity index (χ3v) is 7.47.